The zero-order valence-corrected chi connectivity index (χ0v) is 17.3. The third kappa shape index (κ3) is 4.99. The number of fused-ring (bicyclic) bond motifs is 1. The lowest BCUT2D eigenvalue weighted by Crippen LogP contribution is -2.37. The van der Waals surface area contributed by atoms with E-state index in [2.05, 4.69) is 4.90 Å². The third-order valence-electron chi connectivity index (χ3n) is 4.96. The number of morpholine rings is 1. The van der Waals surface area contributed by atoms with E-state index >= 15 is 0 Å². The van der Waals surface area contributed by atoms with Crippen LogP contribution in [-0.4, -0.2) is 50.9 Å². The summed E-state index contributed by atoms with van der Waals surface area (Å²) in [5, 5.41) is 2.56. The van der Waals surface area contributed by atoms with Crippen molar-refractivity contribution in [3.63, 3.8) is 0 Å². The SMILES string of the molecule is CCOc1ccc2oc(-c3ccc(Cl)cc3)cc(=NCCN3CCOCC3)c2c1. The van der Waals surface area contributed by atoms with Crippen LogP contribution in [0.2, 0.25) is 5.02 Å². The molecular formula is C23H25ClN2O3. The van der Waals surface area contributed by atoms with Crippen molar-refractivity contribution in [1.82, 2.24) is 4.90 Å². The van der Waals surface area contributed by atoms with Gasteiger partial charge in [-0.15, -0.1) is 0 Å². The highest BCUT2D eigenvalue weighted by Gasteiger charge is 2.10. The standard InChI is InChI=1S/C23H25ClN2O3/c1-2-28-19-7-8-22-20(15-19)21(25-9-10-26-11-13-27-14-12-26)16-23(29-22)17-3-5-18(24)6-4-17/h3-8,15-16H,2,9-14H2,1H3. The van der Waals surface area contributed by atoms with Crippen LogP contribution in [0.4, 0.5) is 0 Å². The largest absolute Gasteiger partial charge is 0.494 e. The van der Waals surface area contributed by atoms with Gasteiger partial charge in [0, 0.05) is 41.7 Å². The molecule has 152 valence electrons. The molecule has 0 amide bonds. The number of halogens is 1. The maximum Gasteiger partial charge on any atom is 0.137 e. The quantitative estimate of drug-likeness (QED) is 0.602. The second kappa shape index (κ2) is 9.44. The van der Waals surface area contributed by atoms with Crippen LogP contribution >= 0.6 is 11.6 Å². The average molecular weight is 413 g/mol. The van der Waals surface area contributed by atoms with Gasteiger partial charge in [0.05, 0.1) is 31.7 Å². The summed E-state index contributed by atoms with van der Waals surface area (Å²) >= 11 is 6.04. The predicted molar refractivity (Wildman–Crippen MR) is 116 cm³/mol. The van der Waals surface area contributed by atoms with Gasteiger partial charge in [-0.3, -0.25) is 9.89 Å². The molecule has 2 aromatic carbocycles. The van der Waals surface area contributed by atoms with Gasteiger partial charge >= 0.3 is 0 Å². The molecule has 0 aliphatic carbocycles. The Morgan fingerprint density at radius 2 is 1.86 bits per heavy atom. The zero-order chi connectivity index (χ0) is 20.1. The van der Waals surface area contributed by atoms with Crippen molar-refractivity contribution in [2.24, 2.45) is 4.99 Å². The van der Waals surface area contributed by atoms with Crippen LogP contribution in [0.3, 0.4) is 0 Å². The molecule has 0 bridgehead atoms. The minimum Gasteiger partial charge on any atom is -0.494 e. The first-order valence-corrected chi connectivity index (χ1v) is 10.4. The molecule has 0 spiro atoms. The summed E-state index contributed by atoms with van der Waals surface area (Å²) in [5.74, 6) is 1.59. The van der Waals surface area contributed by atoms with Crippen molar-refractivity contribution in [3.8, 4) is 17.1 Å². The van der Waals surface area contributed by atoms with Crippen LogP contribution in [0.1, 0.15) is 6.92 Å². The molecule has 6 heteroatoms. The van der Waals surface area contributed by atoms with E-state index in [1.165, 1.54) is 0 Å². The van der Waals surface area contributed by atoms with Gasteiger partial charge < -0.3 is 13.9 Å². The summed E-state index contributed by atoms with van der Waals surface area (Å²) in [7, 11) is 0. The van der Waals surface area contributed by atoms with Crippen LogP contribution in [0.25, 0.3) is 22.3 Å². The van der Waals surface area contributed by atoms with E-state index in [9.17, 15) is 0 Å². The number of hydrogen-bond donors (Lipinski definition) is 0. The fourth-order valence-corrected chi connectivity index (χ4v) is 3.55. The number of hydrogen-bond acceptors (Lipinski definition) is 5. The second-order valence-electron chi connectivity index (χ2n) is 6.93. The first-order chi connectivity index (χ1) is 14.2. The Hall–Kier alpha value is -2.34. The summed E-state index contributed by atoms with van der Waals surface area (Å²) in [4.78, 5) is 7.29. The van der Waals surface area contributed by atoms with Crippen molar-refractivity contribution in [3.05, 3.63) is 58.9 Å². The Labute approximate surface area is 175 Å². The molecule has 0 N–H and O–H groups in total. The van der Waals surface area contributed by atoms with E-state index in [1.54, 1.807) is 0 Å². The van der Waals surface area contributed by atoms with Crippen LogP contribution in [0, 0.1) is 0 Å². The molecule has 3 aromatic rings. The molecule has 0 unspecified atom stereocenters. The lowest BCUT2D eigenvalue weighted by molar-refractivity contribution is 0.0394. The molecular weight excluding hydrogens is 388 g/mol. The minimum absolute atomic E-state index is 0.620. The van der Waals surface area contributed by atoms with Gasteiger partial charge in [0.1, 0.15) is 17.1 Å². The molecule has 4 rings (SSSR count). The first-order valence-electron chi connectivity index (χ1n) is 10.00. The normalized spacial score (nSPS) is 15.7. The van der Waals surface area contributed by atoms with E-state index in [1.807, 2.05) is 55.5 Å². The topological polar surface area (TPSA) is 47.2 Å². The fourth-order valence-electron chi connectivity index (χ4n) is 3.43. The Balaban J connectivity index is 1.71. The van der Waals surface area contributed by atoms with Crippen molar-refractivity contribution in [2.75, 3.05) is 46.0 Å². The van der Waals surface area contributed by atoms with E-state index in [0.29, 0.717) is 11.6 Å². The van der Waals surface area contributed by atoms with Crippen molar-refractivity contribution in [2.45, 2.75) is 6.92 Å². The molecule has 1 saturated heterocycles. The fraction of sp³-hybridized carbons (Fsp3) is 0.348. The zero-order valence-electron chi connectivity index (χ0n) is 16.6. The van der Waals surface area contributed by atoms with E-state index in [0.717, 1.165) is 72.8 Å². The lowest BCUT2D eigenvalue weighted by Gasteiger charge is -2.25. The minimum atomic E-state index is 0.620. The van der Waals surface area contributed by atoms with Crippen LogP contribution in [-0.2, 0) is 4.74 Å². The summed E-state index contributed by atoms with van der Waals surface area (Å²) in [6, 6.07) is 15.5. The Morgan fingerprint density at radius 1 is 1.07 bits per heavy atom. The Morgan fingerprint density at radius 3 is 2.62 bits per heavy atom. The molecule has 2 heterocycles. The number of nitrogens with zero attached hydrogens (tertiary/aromatic N) is 2. The van der Waals surface area contributed by atoms with Gasteiger partial charge in [0.2, 0.25) is 0 Å². The van der Waals surface area contributed by atoms with Gasteiger partial charge in [-0.1, -0.05) is 11.6 Å². The molecule has 1 aliphatic heterocycles. The van der Waals surface area contributed by atoms with E-state index in [-0.39, 0.29) is 0 Å². The summed E-state index contributed by atoms with van der Waals surface area (Å²) in [5.41, 5.74) is 1.75. The number of benzene rings is 2. The average Bonchev–Trinajstić information content (AvgIpc) is 2.75. The number of ether oxygens (including phenoxy) is 2. The van der Waals surface area contributed by atoms with Crippen molar-refractivity contribution < 1.29 is 13.9 Å². The van der Waals surface area contributed by atoms with Gasteiger partial charge in [0.25, 0.3) is 0 Å². The molecule has 0 saturated carbocycles. The molecule has 5 nitrogen and oxygen atoms in total. The van der Waals surface area contributed by atoms with Crippen LogP contribution in [0.5, 0.6) is 5.75 Å². The highest BCUT2D eigenvalue weighted by molar-refractivity contribution is 6.30. The smallest absolute Gasteiger partial charge is 0.137 e. The van der Waals surface area contributed by atoms with E-state index in [4.69, 9.17) is 30.5 Å². The van der Waals surface area contributed by atoms with E-state index < -0.39 is 0 Å². The summed E-state index contributed by atoms with van der Waals surface area (Å²) in [6.07, 6.45) is 0. The van der Waals surface area contributed by atoms with Gasteiger partial charge in [-0.25, -0.2) is 0 Å². The van der Waals surface area contributed by atoms with Gasteiger partial charge in [0.15, 0.2) is 0 Å². The predicted octanol–water partition coefficient (Wildman–Crippen LogP) is 4.38. The van der Waals surface area contributed by atoms with Crippen molar-refractivity contribution in [1.29, 1.82) is 0 Å². The summed E-state index contributed by atoms with van der Waals surface area (Å²) in [6.45, 7) is 7.75. The molecule has 0 atom stereocenters. The third-order valence-corrected chi connectivity index (χ3v) is 5.21. The highest BCUT2D eigenvalue weighted by Crippen LogP contribution is 2.25. The van der Waals surface area contributed by atoms with Gasteiger partial charge in [-0.2, -0.15) is 0 Å². The maximum absolute atomic E-state index is 6.17. The Kier molecular flexibility index (Phi) is 6.49. The Bertz CT molecular complexity index is 1020. The molecule has 1 aromatic heterocycles. The van der Waals surface area contributed by atoms with Gasteiger partial charge in [-0.05, 0) is 49.4 Å². The molecule has 29 heavy (non-hydrogen) atoms. The maximum atomic E-state index is 6.17. The molecule has 1 fully saturated rings. The first kappa shape index (κ1) is 20.0. The lowest BCUT2D eigenvalue weighted by atomic mass is 10.1. The number of rotatable bonds is 6. The monoisotopic (exact) mass is 412 g/mol. The molecule has 0 radical (unpaired) electrons. The molecule has 1 aliphatic rings. The van der Waals surface area contributed by atoms with Crippen LogP contribution in [0.15, 0.2) is 57.9 Å². The highest BCUT2D eigenvalue weighted by atomic mass is 35.5. The summed E-state index contributed by atoms with van der Waals surface area (Å²) < 4.78 is 17.3. The van der Waals surface area contributed by atoms with Crippen molar-refractivity contribution >= 4 is 22.6 Å². The van der Waals surface area contributed by atoms with Crippen LogP contribution < -0.4 is 10.1 Å². The second-order valence-corrected chi connectivity index (χ2v) is 7.37.